The Morgan fingerprint density at radius 3 is 2.47 bits per heavy atom. The summed E-state index contributed by atoms with van der Waals surface area (Å²) < 4.78 is 0. The summed E-state index contributed by atoms with van der Waals surface area (Å²) in [6.45, 7) is 5.98. The Balaban J connectivity index is 0.000000686. The van der Waals surface area contributed by atoms with Crippen molar-refractivity contribution in [1.29, 1.82) is 0 Å². The van der Waals surface area contributed by atoms with E-state index in [0.29, 0.717) is 12.1 Å². The summed E-state index contributed by atoms with van der Waals surface area (Å²) in [5.41, 5.74) is 6.86. The third-order valence-corrected chi connectivity index (χ3v) is 2.90. The van der Waals surface area contributed by atoms with E-state index in [1.807, 2.05) is 26.8 Å². The lowest BCUT2D eigenvalue weighted by atomic mass is 9.92. The van der Waals surface area contributed by atoms with Crippen molar-refractivity contribution in [2.45, 2.75) is 58.5 Å². The van der Waals surface area contributed by atoms with Crippen LogP contribution in [0.3, 0.4) is 0 Å². The molecule has 0 unspecified atom stereocenters. The SMILES string of the molecule is CC.Cc1ccnc(NC2CCC(N)CC2)n1. The normalized spacial score (nSPS) is 23.5. The number of aromatic nitrogens is 2. The fourth-order valence-corrected chi connectivity index (χ4v) is 1.96. The first-order chi connectivity index (χ1) is 8.24. The summed E-state index contributed by atoms with van der Waals surface area (Å²) in [6, 6.07) is 2.79. The van der Waals surface area contributed by atoms with Gasteiger partial charge < -0.3 is 11.1 Å². The molecule has 96 valence electrons. The van der Waals surface area contributed by atoms with Crippen LogP contribution in [-0.2, 0) is 0 Å². The minimum Gasteiger partial charge on any atom is -0.351 e. The van der Waals surface area contributed by atoms with Gasteiger partial charge in [0, 0.05) is 24.0 Å². The van der Waals surface area contributed by atoms with Crippen LogP contribution >= 0.6 is 0 Å². The molecule has 0 spiro atoms. The van der Waals surface area contributed by atoms with Crippen LogP contribution in [0.25, 0.3) is 0 Å². The van der Waals surface area contributed by atoms with Crippen LogP contribution in [0, 0.1) is 6.92 Å². The van der Waals surface area contributed by atoms with E-state index < -0.39 is 0 Å². The first kappa shape index (κ1) is 13.9. The largest absolute Gasteiger partial charge is 0.351 e. The molecule has 0 aliphatic heterocycles. The molecule has 0 atom stereocenters. The van der Waals surface area contributed by atoms with Gasteiger partial charge in [0.2, 0.25) is 5.95 Å². The zero-order valence-electron chi connectivity index (χ0n) is 11.1. The Morgan fingerprint density at radius 1 is 1.24 bits per heavy atom. The van der Waals surface area contributed by atoms with Crippen LogP contribution in [0.4, 0.5) is 5.95 Å². The van der Waals surface area contributed by atoms with Crippen LogP contribution < -0.4 is 11.1 Å². The number of nitrogens with zero attached hydrogens (tertiary/aromatic N) is 2. The molecule has 1 aromatic heterocycles. The molecule has 3 N–H and O–H groups in total. The van der Waals surface area contributed by atoms with Gasteiger partial charge in [-0.2, -0.15) is 0 Å². The van der Waals surface area contributed by atoms with Gasteiger partial charge in [0.25, 0.3) is 0 Å². The number of rotatable bonds is 2. The molecule has 2 rings (SSSR count). The van der Waals surface area contributed by atoms with Gasteiger partial charge in [-0.25, -0.2) is 9.97 Å². The zero-order valence-corrected chi connectivity index (χ0v) is 11.1. The second-order valence-corrected chi connectivity index (χ2v) is 4.28. The van der Waals surface area contributed by atoms with Crippen LogP contribution in [0.2, 0.25) is 0 Å². The molecule has 0 aromatic carbocycles. The maximum atomic E-state index is 5.86. The van der Waals surface area contributed by atoms with Crippen molar-refractivity contribution < 1.29 is 0 Å². The Kier molecular flexibility index (Phi) is 5.91. The Labute approximate surface area is 104 Å². The van der Waals surface area contributed by atoms with E-state index in [1.165, 1.54) is 0 Å². The second kappa shape index (κ2) is 7.22. The minimum absolute atomic E-state index is 0.390. The summed E-state index contributed by atoms with van der Waals surface area (Å²) in [5, 5.41) is 3.36. The Morgan fingerprint density at radius 2 is 1.88 bits per heavy atom. The summed E-state index contributed by atoms with van der Waals surface area (Å²) in [5.74, 6) is 0.746. The second-order valence-electron chi connectivity index (χ2n) is 4.28. The monoisotopic (exact) mass is 236 g/mol. The molecule has 1 heterocycles. The topological polar surface area (TPSA) is 63.8 Å². The van der Waals surface area contributed by atoms with Gasteiger partial charge >= 0.3 is 0 Å². The lowest BCUT2D eigenvalue weighted by molar-refractivity contribution is 0.410. The standard InChI is InChI=1S/C11H18N4.C2H6/c1-8-6-7-13-11(14-8)15-10-4-2-9(12)3-5-10;1-2/h6-7,9-10H,2-5,12H2,1H3,(H,13,14,15);1-2H3. The molecule has 0 bridgehead atoms. The van der Waals surface area contributed by atoms with Gasteiger partial charge in [-0.1, -0.05) is 13.8 Å². The number of hydrogen-bond donors (Lipinski definition) is 2. The lowest BCUT2D eigenvalue weighted by Crippen LogP contribution is -2.33. The van der Waals surface area contributed by atoms with E-state index in [9.17, 15) is 0 Å². The molecule has 1 aliphatic rings. The van der Waals surface area contributed by atoms with Gasteiger partial charge in [-0.3, -0.25) is 0 Å². The molecule has 4 nitrogen and oxygen atoms in total. The number of nitrogens with one attached hydrogen (secondary N) is 1. The summed E-state index contributed by atoms with van der Waals surface area (Å²) >= 11 is 0. The first-order valence-electron chi connectivity index (χ1n) is 6.56. The molecule has 17 heavy (non-hydrogen) atoms. The molecule has 0 saturated heterocycles. The number of hydrogen-bond acceptors (Lipinski definition) is 4. The molecular formula is C13H24N4. The smallest absolute Gasteiger partial charge is 0.223 e. The van der Waals surface area contributed by atoms with Crippen LogP contribution in [0.1, 0.15) is 45.2 Å². The predicted molar refractivity (Wildman–Crippen MR) is 72.0 cm³/mol. The van der Waals surface area contributed by atoms with Crippen LogP contribution in [-0.4, -0.2) is 22.1 Å². The van der Waals surface area contributed by atoms with E-state index in [0.717, 1.165) is 37.3 Å². The highest BCUT2D eigenvalue weighted by molar-refractivity contribution is 5.26. The van der Waals surface area contributed by atoms with Crippen molar-refractivity contribution in [2.75, 3.05) is 5.32 Å². The molecule has 4 heteroatoms. The number of nitrogens with two attached hydrogens (primary N) is 1. The fourth-order valence-electron chi connectivity index (χ4n) is 1.96. The highest BCUT2D eigenvalue weighted by Crippen LogP contribution is 2.19. The van der Waals surface area contributed by atoms with Gasteiger partial charge in [0.1, 0.15) is 0 Å². The van der Waals surface area contributed by atoms with Crippen molar-refractivity contribution in [3.05, 3.63) is 18.0 Å². The minimum atomic E-state index is 0.390. The molecule has 1 aromatic rings. The van der Waals surface area contributed by atoms with Crippen molar-refractivity contribution in [2.24, 2.45) is 5.73 Å². The summed E-state index contributed by atoms with van der Waals surface area (Å²) in [6.07, 6.45) is 6.24. The lowest BCUT2D eigenvalue weighted by Gasteiger charge is -2.26. The zero-order chi connectivity index (χ0) is 12.7. The Bertz CT molecular complexity index is 319. The van der Waals surface area contributed by atoms with Gasteiger partial charge in [-0.05, 0) is 38.7 Å². The number of aryl methyl sites for hydroxylation is 1. The maximum absolute atomic E-state index is 5.86. The van der Waals surface area contributed by atoms with Gasteiger partial charge in [0.05, 0.1) is 0 Å². The van der Waals surface area contributed by atoms with Gasteiger partial charge in [0.15, 0.2) is 0 Å². The van der Waals surface area contributed by atoms with E-state index in [1.54, 1.807) is 6.20 Å². The van der Waals surface area contributed by atoms with Crippen molar-refractivity contribution in [1.82, 2.24) is 9.97 Å². The average molecular weight is 236 g/mol. The van der Waals surface area contributed by atoms with Crippen LogP contribution in [0.15, 0.2) is 12.3 Å². The van der Waals surface area contributed by atoms with Crippen molar-refractivity contribution in [3.63, 3.8) is 0 Å². The van der Waals surface area contributed by atoms with E-state index >= 15 is 0 Å². The average Bonchev–Trinajstić information content (AvgIpc) is 2.35. The molecule has 1 saturated carbocycles. The molecule has 0 radical (unpaired) electrons. The van der Waals surface area contributed by atoms with Crippen molar-refractivity contribution in [3.8, 4) is 0 Å². The molecule has 1 aliphatic carbocycles. The van der Waals surface area contributed by atoms with Gasteiger partial charge in [-0.15, -0.1) is 0 Å². The van der Waals surface area contributed by atoms with Crippen molar-refractivity contribution >= 4 is 5.95 Å². The first-order valence-corrected chi connectivity index (χ1v) is 6.56. The quantitative estimate of drug-likeness (QED) is 0.828. The molecule has 1 fully saturated rings. The highest BCUT2D eigenvalue weighted by atomic mass is 15.1. The van der Waals surface area contributed by atoms with E-state index in [4.69, 9.17) is 5.73 Å². The maximum Gasteiger partial charge on any atom is 0.223 e. The molecular weight excluding hydrogens is 212 g/mol. The summed E-state index contributed by atoms with van der Waals surface area (Å²) in [7, 11) is 0. The molecule has 0 amide bonds. The predicted octanol–water partition coefficient (Wildman–Crippen LogP) is 2.49. The third kappa shape index (κ3) is 4.69. The number of anilines is 1. The van der Waals surface area contributed by atoms with Crippen LogP contribution in [0.5, 0.6) is 0 Å². The Hall–Kier alpha value is -1.16. The summed E-state index contributed by atoms with van der Waals surface area (Å²) in [4.78, 5) is 8.53. The third-order valence-electron chi connectivity index (χ3n) is 2.90. The highest BCUT2D eigenvalue weighted by Gasteiger charge is 2.18. The van der Waals surface area contributed by atoms with E-state index in [2.05, 4.69) is 15.3 Å². The van der Waals surface area contributed by atoms with E-state index in [-0.39, 0.29) is 0 Å². The fraction of sp³-hybridized carbons (Fsp3) is 0.692.